The molecular weight excluding hydrogens is 224 g/mol. The molecule has 1 aliphatic heterocycles. The topological polar surface area (TPSA) is 78.9 Å². The molecule has 6 nitrogen and oxygen atoms in total. The van der Waals surface area contributed by atoms with E-state index in [4.69, 9.17) is 9.84 Å². The van der Waals surface area contributed by atoms with Gasteiger partial charge in [-0.2, -0.15) is 0 Å². The van der Waals surface area contributed by atoms with Gasteiger partial charge >= 0.3 is 12.1 Å². The Morgan fingerprint density at radius 1 is 1.47 bits per heavy atom. The lowest BCUT2D eigenvalue weighted by Crippen LogP contribution is -2.49. The number of carbonyl (C=O) groups excluding carboxylic acids is 1. The largest absolute Gasteiger partial charge is 0.480 e. The number of hydrogen-bond donors (Lipinski definition) is 2. The standard InChI is InChI=1S/C11H20N2O4/c1-3-17-11(16)13-6-4-9(5-7-13)12-8(2)10(14)15/h8-9,12H,3-7H2,1-2H3,(H,14,15). The second kappa shape index (κ2) is 6.44. The van der Waals surface area contributed by atoms with E-state index in [1.54, 1.807) is 18.7 Å². The maximum absolute atomic E-state index is 11.4. The molecule has 0 saturated carbocycles. The molecule has 0 aromatic rings. The minimum atomic E-state index is -0.849. The highest BCUT2D eigenvalue weighted by molar-refractivity contribution is 5.72. The molecule has 98 valence electrons. The van der Waals surface area contributed by atoms with Gasteiger partial charge in [-0.25, -0.2) is 4.79 Å². The van der Waals surface area contributed by atoms with Crippen molar-refractivity contribution in [1.82, 2.24) is 10.2 Å². The van der Waals surface area contributed by atoms with Crippen LogP contribution >= 0.6 is 0 Å². The van der Waals surface area contributed by atoms with Crippen molar-refractivity contribution in [2.75, 3.05) is 19.7 Å². The van der Waals surface area contributed by atoms with Gasteiger partial charge in [-0.1, -0.05) is 0 Å². The van der Waals surface area contributed by atoms with Crippen LogP contribution in [0.1, 0.15) is 26.7 Å². The van der Waals surface area contributed by atoms with Crippen molar-refractivity contribution in [2.24, 2.45) is 0 Å². The van der Waals surface area contributed by atoms with E-state index in [1.807, 2.05) is 0 Å². The van der Waals surface area contributed by atoms with Crippen molar-refractivity contribution in [1.29, 1.82) is 0 Å². The highest BCUT2D eigenvalue weighted by Gasteiger charge is 2.25. The van der Waals surface area contributed by atoms with Crippen molar-refractivity contribution in [2.45, 2.75) is 38.8 Å². The highest BCUT2D eigenvalue weighted by atomic mass is 16.6. The van der Waals surface area contributed by atoms with Crippen molar-refractivity contribution in [3.8, 4) is 0 Å². The lowest BCUT2D eigenvalue weighted by atomic mass is 10.0. The first-order valence-electron chi connectivity index (χ1n) is 5.95. The summed E-state index contributed by atoms with van der Waals surface area (Å²) in [6.45, 7) is 5.01. The van der Waals surface area contributed by atoms with E-state index >= 15 is 0 Å². The molecule has 1 aliphatic rings. The molecule has 0 radical (unpaired) electrons. The van der Waals surface area contributed by atoms with Crippen LogP contribution < -0.4 is 5.32 Å². The summed E-state index contributed by atoms with van der Waals surface area (Å²) in [5, 5.41) is 11.8. The number of rotatable bonds is 4. The number of carboxylic acid groups (broad SMARTS) is 1. The van der Waals surface area contributed by atoms with Crippen LogP contribution in [0.15, 0.2) is 0 Å². The molecule has 2 N–H and O–H groups in total. The molecule has 17 heavy (non-hydrogen) atoms. The monoisotopic (exact) mass is 244 g/mol. The van der Waals surface area contributed by atoms with Crippen LogP contribution in [0, 0.1) is 0 Å². The average molecular weight is 244 g/mol. The fraction of sp³-hybridized carbons (Fsp3) is 0.818. The molecule has 0 aliphatic carbocycles. The van der Waals surface area contributed by atoms with Crippen LogP contribution in [-0.4, -0.2) is 53.8 Å². The zero-order chi connectivity index (χ0) is 12.8. The summed E-state index contributed by atoms with van der Waals surface area (Å²) in [7, 11) is 0. The lowest BCUT2D eigenvalue weighted by molar-refractivity contribution is -0.139. The number of aliphatic carboxylic acids is 1. The minimum absolute atomic E-state index is 0.159. The van der Waals surface area contributed by atoms with Crippen LogP contribution in [0.5, 0.6) is 0 Å². The van der Waals surface area contributed by atoms with E-state index < -0.39 is 12.0 Å². The van der Waals surface area contributed by atoms with Gasteiger partial charge in [0.2, 0.25) is 0 Å². The minimum Gasteiger partial charge on any atom is -0.480 e. The van der Waals surface area contributed by atoms with E-state index in [9.17, 15) is 9.59 Å². The SMILES string of the molecule is CCOC(=O)N1CCC(NC(C)C(=O)O)CC1. The summed E-state index contributed by atoms with van der Waals surface area (Å²) in [4.78, 5) is 23.8. The second-order valence-corrected chi connectivity index (χ2v) is 4.19. The number of nitrogens with one attached hydrogen (secondary N) is 1. The number of ether oxygens (including phenoxy) is 1. The predicted molar refractivity (Wildman–Crippen MR) is 61.9 cm³/mol. The van der Waals surface area contributed by atoms with Crippen LogP contribution in [0.2, 0.25) is 0 Å². The highest BCUT2D eigenvalue weighted by Crippen LogP contribution is 2.12. The molecule has 1 unspecified atom stereocenters. The van der Waals surface area contributed by atoms with E-state index in [2.05, 4.69) is 5.32 Å². The lowest BCUT2D eigenvalue weighted by Gasteiger charge is -2.32. The van der Waals surface area contributed by atoms with E-state index in [0.29, 0.717) is 19.7 Å². The zero-order valence-electron chi connectivity index (χ0n) is 10.3. The van der Waals surface area contributed by atoms with Crippen LogP contribution in [0.4, 0.5) is 4.79 Å². The molecule has 0 aromatic carbocycles. The van der Waals surface area contributed by atoms with E-state index in [0.717, 1.165) is 12.8 Å². The number of carboxylic acids is 1. The van der Waals surface area contributed by atoms with Crippen LogP contribution in [-0.2, 0) is 9.53 Å². The summed E-state index contributed by atoms with van der Waals surface area (Å²) in [5.41, 5.74) is 0. The average Bonchev–Trinajstić information content (AvgIpc) is 2.30. The van der Waals surface area contributed by atoms with Gasteiger partial charge in [-0.15, -0.1) is 0 Å². The van der Waals surface area contributed by atoms with Gasteiger partial charge in [0.25, 0.3) is 0 Å². The number of likely N-dealkylation sites (tertiary alicyclic amines) is 1. The van der Waals surface area contributed by atoms with Crippen molar-refractivity contribution >= 4 is 12.1 Å². The number of nitrogens with zero attached hydrogens (tertiary/aromatic N) is 1. The Hall–Kier alpha value is -1.30. The van der Waals surface area contributed by atoms with Gasteiger partial charge in [0.05, 0.1) is 6.61 Å². The molecule has 1 atom stereocenters. The molecule has 0 spiro atoms. The first-order chi connectivity index (χ1) is 8.04. The van der Waals surface area contributed by atoms with Crippen molar-refractivity contribution < 1.29 is 19.4 Å². The third-order valence-corrected chi connectivity index (χ3v) is 2.88. The molecule has 0 bridgehead atoms. The smallest absolute Gasteiger partial charge is 0.409 e. The molecule has 1 rings (SSSR count). The summed E-state index contributed by atoms with van der Waals surface area (Å²) < 4.78 is 4.91. The van der Waals surface area contributed by atoms with Gasteiger partial charge in [-0.3, -0.25) is 4.79 Å². The van der Waals surface area contributed by atoms with Crippen molar-refractivity contribution in [3.63, 3.8) is 0 Å². The van der Waals surface area contributed by atoms with Gasteiger partial charge in [0.1, 0.15) is 6.04 Å². The van der Waals surface area contributed by atoms with Crippen LogP contribution in [0.25, 0.3) is 0 Å². The van der Waals surface area contributed by atoms with Gasteiger partial charge in [0, 0.05) is 19.1 Å². The Kier molecular flexibility index (Phi) is 5.21. The fourth-order valence-electron chi connectivity index (χ4n) is 1.87. The zero-order valence-corrected chi connectivity index (χ0v) is 10.3. The molecule has 1 heterocycles. The Bertz CT molecular complexity index is 275. The molecule has 1 fully saturated rings. The quantitative estimate of drug-likeness (QED) is 0.760. The molecule has 1 saturated heterocycles. The molecule has 1 amide bonds. The normalized spacial score (nSPS) is 18.8. The van der Waals surface area contributed by atoms with Gasteiger partial charge in [0.15, 0.2) is 0 Å². The first kappa shape index (κ1) is 13.8. The van der Waals surface area contributed by atoms with Gasteiger partial charge in [-0.05, 0) is 26.7 Å². The molecule has 6 heteroatoms. The summed E-state index contributed by atoms with van der Waals surface area (Å²) in [6.07, 6.45) is 1.24. The Balaban J connectivity index is 2.30. The summed E-state index contributed by atoms with van der Waals surface area (Å²) >= 11 is 0. The predicted octanol–water partition coefficient (Wildman–Crippen LogP) is 0.670. The maximum atomic E-state index is 11.4. The number of carbonyl (C=O) groups is 2. The third-order valence-electron chi connectivity index (χ3n) is 2.88. The molecular formula is C11H20N2O4. The molecule has 0 aromatic heterocycles. The Morgan fingerprint density at radius 2 is 2.06 bits per heavy atom. The number of piperidine rings is 1. The van der Waals surface area contributed by atoms with Crippen LogP contribution in [0.3, 0.4) is 0 Å². The fourth-order valence-corrected chi connectivity index (χ4v) is 1.87. The van der Waals surface area contributed by atoms with Crippen molar-refractivity contribution in [3.05, 3.63) is 0 Å². The summed E-state index contributed by atoms with van der Waals surface area (Å²) in [6, 6.07) is -0.388. The maximum Gasteiger partial charge on any atom is 0.409 e. The Labute approximate surface area is 101 Å². The van der Waals surface area contributed by atoms with E-state index in [1.165, 1.54) is 0 Å². The third kappa shape index (κ3) is 4.22. The van der Waals surface area contributed by atoms with E-state index in [-0.39, 0.29) is 12.1 Å². The number of amides is 1. The first-order valence-corrected chi connectivity index (χ1v) is 5.95. The Morgan fingerprint density at radius 3 is 2.53 bits per heavy atom. The number of hydrogen-bond acceptors (Lipinski definition) is 4. The second-order valence-electron chi connectivity index (χ2n) is 4.19. The van der Waals surface area contributed by atoms with Gasteiger partial charge < -0.3 is 20.1 Å². The summed E-state index contributed by atoms with van der Waals surface area (Å²) in [5.74, 6) is -0.849.